The van der Waals surface area contributed by atoms with Crippen molar-refractivity contribution in [3.63, 3.8) is 0 Å². The van der Waals surface area contributed by atoms with Gasteiger partial charge in [-0.05, 0) is 29.8 Å². The van der Waals surface area contributed by atoms with Crippen LogP contribution in [0.2, 0.25) is 0 Å². The van der Waals surface area contributed by atoms with Gasteiger partial charge in [-0.1, -0.05) is 28.1 Å². The first-order chi connectivity index (χ1) is 9.50. The van der Waals surface area contributed by atoms with E-state index >= 15 is 0 Å². The van der Waals surface area contributed by atoms with Gasteiger partial charge in [-0.3, -0.25) is 4.98 Å². The summed E-state index contributed by atoms with van der Waals surface area (Å²) in [6.45, 7) is -0.00240. The molecule has 106 valence electrons. The van der Waals surface area contributed by atoms with Crippen LogP contribution in [0.3, 0.4) is 0 Å². The van der Waals surface area contributed by atoms with Crippen LogP contribution in [0.15, 0.2) is 42.6 Å². The van der Waals surface area contributed by atoms with Gasteiger partial charge in [-0.15, -0.1) is 0 Å². The lowest BCUT2D eigenvalue weighted by Gasteiger charge is -2.14. The number of aromatic nitrogens is 1. The predicted octanol–water partition coefficient (Wildman–Crippen LogP) is 4.57. The molecule has 2 rings (SSSR count). The van der Waals surface area contributed by atoms with Gasteiger partial charge < -0.3 is 4.74 Å². The molecular weight excluding hydrogens is 335 g/mol. The number of nitrogens with zero attached hydrogens (tertiary/aromatic N) is 1. The summed E-state index contributed by atoms with van der Waals surface area (Å²) in [5.74, 6) is -0.187. The molecule has 0 bridgehead atoms. The molecule has 0 saturated carbocycles. The number of hydrogen-bond acceptors (Lipinski definition) is 2. The van der Waals surface area contributed by atoms with Crippen molar-refractivity contribution in [2.24, 2.45) is 0 Å². The molecule has 6 heteroatoms. The van der Waals surface area contributed by atoms with Crippen molar-refractivity contribution < 1.29 is 17.9 Å². The summed E-state index contributed by atoms with van der Waals surface area (Å²) < 4.78 is 44.2. The summed E-state index contributed by atoms with van der Waals surface area (Å²) in [5.41, 5.74) is 0.345. The fraction of sp³-hybridized carbons (Fsp3) is 0.214. The third kappa shape index (κ3) is 3.72. The molecule has 0 aliphatic carbocycles. The van der Waals surface area contributed by atoms with Gasteiger partial charge in [0.1, 0.15) is 12.4 Å². The maximum absolute atomic E-state index is 13.0. The van der Waals surface area contributed by atoms with Crippen LogP contribution in [0, 0.1) is 0 Å². The van der Waals surface area contributed by atoms with Gasteiger partial charge in [0.05, 0.1) is 11.3 Å². The molecular formula is C14H11BrF3NO. The highest BCUT2D eigenvalue weighted by Gasteiger charge is 2.34. The minimum Gasteiger partial charge on any atom is -0.487 e. The van der Waals surface area contributed by atoms with Crippen LogP contribution in [0.4, 0.5) is 13.2 Å². The highest BCUT2D eigenvalue weighted by Crippen LogP contribution is 2.37. The molecule has 0 spiro atoms. The Hall–Kier alpha value is -1.56. The van der Waals surface area contributed by atoms with Crippen molar-refractivity contribution in [2.45, 2.75) is 18.1 Å². The number of hydrogen-bond donors (Lipinski definition) is 0. The van der Waals surface area contributed by atoms with Gasteiger partial charge in [-0.2, -0.15) is 13.2 Å². The average Bonchev–Trinajstić information content (AvgIpc) is 2.45. The van der Waals surface area contributed by atoms with E-state index in [4.69, 9.17) is 4.74 Å². The fourth-order valence-corrected chi connectivity index (χ4v) is 1.99. The molecule has 0 radical (unpaired) electrons. The van der Waals surface area contributed by atoms with Crippen LogP contribution in [0.25, 0.3) is 0 Å². The van der Waals surface area contributed by atoms with Crippen LogP contribution in [-0.2, 0) is 18.1 Å². The van der Waals surface area contributed by atoms with Crippen molar-refractivity contribution in [2.75, 3.05) is 0 Å². The summed E-state index contributed by atoms with van der Waals surface area (Å²) >= 11 is 3.14. The first-order valence-electron chi connectivity index (χ1n) is 5.79. The van der Waals surface area contributed by atoms with Crippen molar-refractivity contribution in [1.82, 2.24) is 4.98 Å². The second-order valence-electron chi connectivity index (χ2n) is 4.07. The second-order valence-corrected chi connectivity index (χ2v) is 4.63. The SMILES string of the molecule is FC(F)(F)c1cc(CBr)ccc1OCc1ccccn1. The Morgan fingerprint density at radius 1 is 1.15 bits per heavy atom. The minimum absolute atomic E-state index is 0.00240. The zero-order valence-electron chi connectivity index (χ0n) is 10.3. The topological polar surface area (TPSA) is 22.1 Å². The summed E-state index contributed by atoms with van der Waals surface area (Å²) in [5, 5.41) is 0.358. The number of halogens is 4. The molecule has 2 aromatic rings. The number of pyridine rings is 1. The Morgan fingerprint density at radius 2 is 1.95 bits per heavy atom. The first kappa shape index (κ1) is 14.8. The lowest BCUT2D eigenvalue weighted by molar-refractivity contribution is -0.139. The summed E-state index contributed by atoms with van der Waals surface area (Å²) in [6, 6.07) is 9.20. The Bertz CT molecular complexity index is 572. The first-order valence-corrected chi connectivity index (χ1v) is 6.91. The highest BCUT2D eigenvalue weighted by atomic mass is 79.9. The molecule has 0 N–H and O–H groups in total. The lowest BCUT2D eigenvalue weighted by atomic mass is 10.1. The van der Waals surface area contributed by atoms with Crippen LogP contribution in [-0.4, -0.2) is 4.98 Å². The quantitative estimate of drug-likeness (QED) is 0.757. The van der Waals surface area contributed by atoms with Gasteiger partial charge in [0.2, 0.25) is 0 Å². The number of ether oxygens (including phenoxy) is 1. The Balaban J connectivity index is 2.23. The summed E-state index contributed by atoms with van der Waals surface area (Å²) in [7, 11) is 0. The van der Waals surface area contributed by atoms with Gasteiger partial charge in [0.15, 0.2) is 0 Å². The van der Waals surface area contributed by atoms with Crippen molar-refractivity contribution in [3.8, 4) is 5.75 Å². The van der Waals surface area contributed by atoms with Gasteiger partial charge in [-0.25, -0.2) is 0 Å². The monoisotopic (exact) mass is 345 g/mol. The van der Waals surface area contributed by atoms with Crippen LogP contribution < -0.4 is 4.74 Å². The van der Waals surface area contributed by atoms with Crippen molar-refractivity contribution in [3.05, 3.63) is 59.4 Å². The maximum Gasteiger partial charge on any atom is 0.419 e. The number of benzene rings is 1. The van der Waals surface area contributed by atoms with E-state index in [0.717, 1.165) is 6.07 Å². The van der Waals surface area contributed by atoms with Crippen LogP contribution >= 0.6 is 15.9 Å². The maximum atomic E-state index is 13.0. The third-order valence-corrected chi connectivity index (χ3v) is 3.25. The zero-order chi connectivity index (χ0) is 14.6. The molecule has 0 atom stereocenters. The van der Waals surface area contributed by atoms with E-state index in [-0.39, 0.29) is 12.4 Å². The van der Waals surface area contributed by atoms with Gasteiger partial charge >= 0.3 is 6.18 Å². The minimum atomic E-state index is -4.45. The van der Waals surface area contributed by atoms with E-state index in [2.05, 4.69) is 20.9 Å². The molecule has 20 heavy (non-hydrogen) atoms. The van der Waals surface area contributed by atoms with E-state index in [0.29, 0.717) is 16.6 Å². The van der Waals surface area contributed by atoms with Crippen LogP contribution in [0.1, 0.15) is 16.8 Å². The summed E-state index contributed by atoms with van der Waals surface area (Å²) in [4.78, 5) is 4.01. The molecule has 0 unspecified atom stereocenters. The Kier molecular flexibility index (Phi) is 4.65. The predicted molar refractivity (Wildman–Crippen MR) is 72.6 cm³/mol. The zero-order valence-corrected chi connectivity index (χ0v) is 11.9. The second kappa shape index (κ2) is 6.26. The molecule has 0 fully saturated rings. The largest absolute Gasteiger partial charge is 0.487 e. The lowest BCUT2D eigenvalue weighted by Crippen LogP contribution is -2.09. The van der Waals surface area contributed by atoms with Crippen molar-refractivity contribution >= 4 is 15.9 Å². The molecule has 0 amide bonds. The van der Waals surface area contributed by atoms with Gasteiger partial charge in [0, 0.05) is 11.5 Å². The molecule has 1 heterocycles. The Morgan fingerprint density at radius 3 is 2.55 bits per heavy atom. The van der Waals surface area contributed by atoms with Crippen molar-refractivity contribution in [1.29, 1.82) is 0 Å². The van der Waals surface area contributed by atoms with E-state index in [1.54, 1.807) is 30.5 Å². The van der Waals surface area contributed by atoms with E-state index in [9.17, 15) is 13.2 Å². The van der Waals surface area contributed by atoms with E-state index in [1.165, 1.54) is 6.07 Å². The molecule has 0 aliphatic rings. The van der Waals surface area contributed by atoms with Crippen LogP contribution in [0.5, 0.6) is 5.75 Å². The normalized spacial score (nSPS) is 11.4. The fourth-order valence-electron chi connectivity index (χ4n) is 1.64. The number of rotatable bonds is 4. The smallest absolute Gasteiger partial charge is 0.419 e. The molecule has 0 saturated heterocycles. The standard InChI is InChI=1S/C14H11BrF3NO/c15-8-10-4-5-13(12(7-10)14(16,17)18)20-9-11-3-1-2-6-19-11/h1-7H,8-9H2. The summed E-state index contributed by atoms with van der Waals surface area (Å²) in [6.07, 6.45) is -2.88. The van der Waals surface area contributed by atoms with E-state index in [1.807, 2.05) is 0 Å². The number of alkyl halides is 4. The third-order valence-electron chi connectivity index (χ3n) is 2.61. The molecule has 2 nitrogen and oxygen atoms in total. The highest BCUT2D eigenvalue weighted by molar-refractivity contribution is 9.08. The Labute approximate surface area is 122 Å². The van der Waals surface area contributed by atoms with Gasteiger partial charge in [0.25, 0.3) is 0 Å². The van der Waals surface area contributed by atoms with E-state index < -0.39 is 11.7 Å². The average molecular weight is 346 g/mol. The molecule has 0 aliphatic heterocycles. The molecule has 1 aromatic carbocycles. The molecule has 1 aromatic heterocycles.